The largest absolute Gasteiger partial charge is 0.496 e. The van der Waals surface area contributed by atoms with Crippen LogP contribution in [0.25, 0.3) is 22.4 Å². The van der Waals surface area contributed by atoms with Crippen LogP contribution in [-0.2, 0) is 17.7 Å². The number of methoxy groups -OCH3 is 2. The number of fused-ring (bicyclic) bond motifs is 3. The van der Waals surface area contributed by atoms with Crippen LogP contribution in [0.3, 0.4) is 0 Å². The van der Waals surface area contributed by atoms with E-state index < -0.39 is 11.4 Å². The first-order valence-electron chi connectivity index (χ1n) is 10.6. The maximum absolute atomic E-state index is 12.5. The SMILES string of the molecule is COCCn1cc(-c2cc3c(cc2OC)-c2cc(=O)c(C(=O)O)cn2C(C(C)C)C3)cn1. The van der Waals surface area contributed by atoms with Crippen LogP contribution in [0.2, 0.25) is 0 Å². The molecular formula is C24H27N3O5. The highest BCUT2D eigenvalue weighted by Gasteiger charge is 2.29. The molecule has 0 amide bonds. The number of pyridine rings is 1. The first-order valence-corrected chi connectivity index (χ1v) is 10.6. The Balaban J connectivity index is 1.87. The molecule has 0 fully saturated rings. The fourth-order valence-corrected chi connectivity index (χ4v) is 4.32. The molecule has 2 aromatic heterocycles. The zero-order valence-corrected chi connectivity index (χ0v) is 18.7. The van der Waals surface area contributed by atoms with Gasteiger partial charge in [0.05, 0.1) is 32.2 Å². The van der Waals surface area contributed by atoms with Crippen LogP contribution in [0, 0.1) is 5.92 Å². The first kappa shape index (κ1) is 21.8. The van der Waals surface area contributed by atoms with Crippen LogP contribution in [0.4, 0.5) is 0 Å². The van der Waals surface area contributed by atoms with Crippen molar-refractivity contribution in [2.45, 2.75) is 32.9 Å². The second kappa shape index (κ2) is 8.63. The zero-order chi connectivity index (χ0) is 23.0. The van der Waals surface area contributed by atoms with Crippen molar-refractivity contribution in [1.82, 2.24) is 14.3 Å². The number of hydrogen-bond acceptors (Lipinski definition) is 5. The fourth-order valence-electron chi connectivity index (χ4n) is 4.32. The molecule has 1 aliphatic rings. The molecule has 8 nitrogen and oxygen atoms in total. The molecular weight excluding hydrogens is 410 g/mol. The van der Waals surface area contributed by atoms with Crippen molar-refractivity contribution >= 4 is 5.97 Å². The summed E-state index contributed by atoms with van der Waals surface area (Å²) in [5.41, 5.74) is 3.83. The van der Waals surface area contributed by atoms with Gasteiger partial charge in [0.15, 0.2) is 5.43 Å². The van der Waals surface area contributed by atoms with Crippen molar-refractivity contribution < 1.29 is 19.4 Å². The third-order valence-electron chi connectivity index (χ3n) is 6.04. The second-order valence-corrected chi connectivity index (χ2v) is 8.36. The molecule has 1 aliphatic heterocycles. The Morgan fingerprint density at radius 3 is 2.66 bits per heavy atom. The van der Waals surface area contributed by atoms with Gasteiger partial charge >= 0.3 is 5.97 Å². The van der Waals surface area contributed by atoms with E-state index in [1.54, 1.807) is 20.4 Å². The lowest BCUT2D eigenvalue weighted by molar-refractivity contribution is 0.0694. The predicted octanol–water partition coefficient (Wildman–Crippen LogP) is 3.49. The van der Waals surface area contributed by atoms with Gasteiger partial charge in [-0.05, 0) is 30.0 Å². The molecule has 1 aromatic carbocycles. The van der Waals surface area contributed by atoms with Gasteiger partial charge in [-0.15, -0.1) is 0 Å². The number of rotatable bonds is 7. The number of aromatic nitrogens is 3. The molecule has 32 heavy (non-hydrogen) atoms. The quantitative estimate of drug-likeness (QED) is 0.608. The Morgan fingerprint density at radius 2 is 2.00 bits per heavy atom. The molecule has 0 saturated heterocycles. The molecule has 1 atom stereocenters. The molecule has 1 N–H and O–H groups in total. The summed E-state index contributed by atoms with van der Waals surface area (Å²) >= 11 is 0. The van der Waals surface area contributed by atoms with Gasteiger partial charge in [-0.25, -0.2) is 4.79 Å². The van der Waals surface area contributed by atoms with E-state index in [2.05, 4.69) is 25.0 Å². The van der Waals surface area contributed by atoms with E-state index >= 15 is 0 Å². The van der Waals surface area contributed by atoms with Gasteiger partial charge in [0.25, 0.3) is 0 Å². The number of aromatic carboxylic acids is 1. The normalized spacial score (nSPS) is 14.8. The molecule has 0 spiro atoms. The van der Waals surface area contributed by atoms with E-state index in [0.717, 1.165) is 28.7 Å². The third kappa shape index (κ3) is 3.82. The topological polar surface area (TPSA) is 95.6 Å². The minimum Gasteiger partial charge on any atom is -0.496 e. The van der Waals surface area contributed by atoms with Crippen LogP contribution < -0.4 is 10.2 Å². The highest BCUT2D eigenvalue weighted by atomic mass is 16.5. The number of ether oxygens (including phenoxy) is 2. The lowest BCUT2D eigenvalue weighted by Crippen LogP contribution is -2.28. The van der Waals surface area contributed by atoms with Gasteiger partial charge in [0, 0.05) is 48.3 Å². The number of benzene rings is 1. The number of nitrogens with zero attached hydrogens (tertiary/aromatic N) is 3. The van der Waals surface area contributed by atoms with E-state index in [4.69, 9.17) is 9.47 Å². The van der Waals surface area contributed by atoms with Gasteiger partial charge < -0.3 is 19.1 Å². The van der Waals surface area contributed by atoms with Crippen LogP contribution in [0.5, 0.6) is 5.75 Å². The molecule has 0 saturated carbocycles. The standard InChI is InChI=1S/C24H27N3O5/c1-14(2)20-8-15-7-18(16-11-25-26(12-16)5-6-31-3)23(32-4)9-17(15)21-10-22(28)19(24(29)30)13-27(20)21/h7,9-14,20H,5-6,8H2,1-4H3,(H,29,30). The number of carbonyl (C=O) groups is 1. The summed E-state index contributed by atoms with van der Waals surface area (Å²) in [6.45, 7) is 5.42. The molecule has 0 aliphatic carbocycles. The lowest BCUT2D eigenvalue weighted by atomic mass is 9.85. The zero-order valence-electron chi connectivity index (χ0n) is 18.7. The molecule has 8 heteroatoms. The summed E-state index contributed by atoms with van der Waals surface area (Å²) in [5, 5.41) is 13.9. The van der Waals surface area contributed by atoms with Crippen molar-refractivity contribution in [2.75, 3.05) is 20.8 Å². The second-order valence-electron chi connectivity index (χ2n) is 8.36. The van der Waals surface area contributed by atoms with Gasteiger partial charge in [0.1, 0.15) is 11.3 Å². The minimum atomic E-state index is -1.21. The van der Waals surface area contributed by atoms with Crippen LogP contribution in [0.1, 0.15) is 35.8 Å². The molecule has 4 rings (SSSR count). The lowest BCUT2D eigenvalue weighted by Gasteiger charge is -2.34. The third-order valence-corrected chi connectivity index (χ3v) is 6.04. The number of hydrogen-bond donors (Lipinski definition) is 1. The van der Waals surface area contributed by atoms with Gasteiger partial charge in [-0.2, -0.15) is 5.10 Å². The highest BCUT2D eigenvalue weighted by Crippen LogP contribution is 2.42. The van der Waals surface area contributed by atoms with Gasteiger partial charge in [-0.1, -0.05) is 13.8 Å². The molecule has 3 aromatic rings. The monoisotopic (exact) mass is 437 g/mol. The van der Waals surface area contributed by atoms with Crippen molar-refractivity contribution in [3.8, 4) is 28.1 Å². The smallest absolute Gasteiger partial charge is 0.341 e. The summed E-state index contributed by atoms with van der Waals surface area (Å²) < 4.78 is 14.6. The average Bonchev–Trinajstić information content (AvgIpc) is 3.24. The van der Waals surface area contributed by atoms with E-state index in [-0.39, 0.29) is 17.5 Å². The Bertz CT molecular complexity index is 1220. The summed E-state index contributed by atoms with van der Waals surface area (Å²) in [5.74, 6) is -0.301. The molecule has 0 radical (unpaired) electrons. The van der Waals surface area contributed by atoms with E-state index in [1.165, 1.54) is 12.3 Å². The van der Waals surface area contributed by atoms with Crippen molar-refractivity contribution in [1.29, 1.82) is 0 Å². The maximum Gasteiger partial charge on any atom is 0.341 e. The van der Waals surface area contributed by atoms with Crippen molar-refractivity contribution in [2.24, 2.45) is 5.92 Å². The summed E-state index contributed by atoms with van der Waals surface area (Å²) in [4.78, 5) is 24.1. The Labute approximate surface area is 186 Å². The average molecular weight is 437 g/mol. The predicted molar refractivity (Wildman–Crippen MR) is 120 cm³/mol. The molecule has 168 valence electrons. The minimum absolute atomic E-state index is 0.0295. The van der Waals surface area contributed by atoms with Crippen LogP contribution >= 0.6 is 0 Å². The summed E-state index contributed by atoms with van der Waals surface area (Å²) in [6.07, 6.45) is 5.97. The Hall–Kier alpha value is -3.39. The number of carboxylic acids is 1. The van der Waals surface area contributed by atoms with Gasteiger partial charge in [0.2, 0.25) is 0 Å². The molecule has 3 heterocycles. The molecule has 1 unspecified atom stereocenters. The van der Waals surface area contributed by atoms with E-state index in [0.29, 0.717) is 24.6 Å². The van der Waals surface area contributed by atoms with Crippen molar-refractivity contribution in [3.05, 3.63) is 58.1 Å². The molecule has 0 bridgehead atoms. The van der Waals surface area contributed by atoms with Gasteiger partial charge in [-0.3, -0.25) is 9.48 Å². The van der Waals surface area contributed by atoms with Crippen LogP contribution in [-0.4, -0.2) is 46.2 Å². The fraction of sp³-hybridized carbons (Fsp3) is 0.375. The Morgan fingerprint density at radius 1 is 1.22 bits per heavy atom. The Kier molecular flexibility index (Phi) is 5.88. The van der Waals surface area contributed by atoms with E-state index in [9.17, 15) is 14.7 Å². The summed E-state index contributed by atoms with van der Waals surface area (Å²) in [7, 11) is 3.27. The van der Waals surface area contributed by atoms with Crippen LogP contribution in [0.15, 0.2) is 41.6 Å². The highest BCUT2D eigenvalue weighted by molar-refractivity contribution is 5.88. The van der Waals surface area contributed by atoms with Crippen molar-refractivity contribution in [3.63, 3.8) is 0 Å². The first-order chi connectivity index (χ1) is 15.3. The van der Waals surface area contributed by atoms with E-state index in [1.807, 2.05) is 21.5 Å². The maximum atomic E-state index is 12.5. The summed E-state index contributed by atoms with van der Waals surface area (Å²) in [6, 6.07) is 5.49. The number of carboxylic acid groups (broad SMARTS) is 1.